The molecular formula is C13H12ClFN2. The SMILES string of the molecule is CCNc1ccnc(-c2ccc(F)cc2Cl)c1. The zero-order valence-electron chi connectivity index (χ0n) is 9.37. The van der Waals surface area contributed by atoms with E-state index in [1.807, 2.05) is 19.1 Å². The summed E-state index contributed by atoms with van der Waals surface area (Å²) >= 11 is 5.99. The lowest BCUT2D eigenvalue weighted by atomic mass is 10.1. The van der Waals surface area contributed by atoms with Crippen LogP contribution in [0.3, 0.4) is 0 Å². The van der Waals surface area contributed by atoms with E-state index < -0.39 is 0 Å². The van der Waals surface area contributed by atoms with Gasteiger partial charge in [0.1, 0.15) is 5.82 Å². The Balaban J connectivity index is 2.42. The number of pyridine rings is 1. The van der Waals surface area contributed by atoms with Crippen LogP contribution in [0.1, 0.15) is 6.92 Å². The highest BCUT2D eigenvalue weighted by molar-refractivity contribution is 6.33. The number of halogens is 2. The van der Waals surface area contributed by atoms with Crippen molar-refractivity contribution in [1.29, 1.82) is 0 Å². The van der Waals surface area contributed by atoms with E-state index in [4.69, 9.17) is 11.6 Å². The molecule has 1 aromatic carbocycles. The van der Waals surface area contributed by atoms with Crippen molar-refractivity contribution in [2.24, 2.45) is 0 Å². The molecule has 0 bridgehead atoms. The predicted molar refractivity (Wildman–Crippen MR) is 68.8 cm³/mol. The number of aromatic nitrogens is 1. The van der Waals surface area contributed by atoms with Crippen molar-refractivity contribution < 1.29 is 4.39 Å². The van der Waals surface area contributed by atoms with Crippen LogP contribution in [0, 0.1) is 5.82 Å². The Bertz CT molecular complexity index is 529. The van der Waals surface area contributed by atoms with E-state index >= 15 is 0 Å². The largest absolute Gasteiger partial charge is 0.385 e. The Morgan fingerprint density at radius 1 is 1.29 bits per heavy atom. The van der Waals surface area contributed by atoms with Crippen molar-refractivity contribution in [2.75, 3.05) is 11.9 Å². The van der Waals surface area contributed by atoms with Crippen molar-refractivity contribution >= 4 is 17.3 Å². The van der Waals surface area contributed by atoms with Crippen LogP contribution in [-0.2, 0) is 0 Å². The van der Waals surface area contributed by atoms with Crippen LogP contribution in [0.25, 0.3) is 11.3 Å². The fourth-order valence-corrected chi connectivity index (χ4v) is 1.85. The van der Waals surface area contributed by atoms with Gasteiger partial charge in [-0.05, 0) is 37.3 Å². The van der Waals surface area contributed by atoms with Crippen molar-refractivity contribution in [3.8, 4) is 11.3 Å². The lowest BCUT2D eigenvalue weighted by molar-refractivity contribution is 0.628. The maximum atomic E-state index is 12.9. The fraction of sp³-hybridized carbons (Fsp3) is 0.154. The average Bonchev–Trinajstić information content (AvgIpc) is 2.29. The van der Waals surface area contributed by atoms with Gasteiger partial charge >= 0.3 is 0 Å². The van der Waals surface area contributed by atoms with Crippen LogP contribution >= 0.6 is 11.6 Å². The minimum atomic E-state index is -0.346. The van der Waals surface area contributed by atoms with Crippen LogP contribution in [-0.4, -0.2) is 11.5 Å². The van der Waals surface area contributed by atoms with Crippen LogP contribution < -0.4 is 5.32 Å². The molecule has 4 heteroatoms. The molecule has 0 amide bonds. The van der Waals surface area contributed by atoms with E-state index in [-0.39, 0.29) is 5.82 Å². The molecule has 0 saturated carbocycles. The van der Waals surface area contributed by atoms with Gasteiger partial charge in [-0.1, -0.05) is 11.6 Å². The van der Waals surface area contributed by atoms with E-state index in [9.17, 15) is 4.39 Å². The molecule has 0 spiro atoms. The zero-order chi connectivity index (χ0) is 12.3. The molecule has 0 fully saturated rings. The third-order valence-electron chi connectivity index (χ3n) is 2.35. The van der Waals surface area contributed by atoms with Crippen LogP contribution in [0.4, 0.5) is 10.1 Å². The van der Waals surface area contributed by atoms with Crippen molar-refractivity contribution in [3.05, 3.63) is 47.4 Å². The maximum Gasteiger partial charge on any atom is 0.124 e. The summed E-state index contributed by atoms with van der Waals surface area (Å²) in [5.41, 5.74) is 2.43. The molecule has 0 aliphatic rings. The minimum absolute atomic E-state index is 0.346. The summed E-state index contributed by atoms with van der Waals surface area (Å²) in [6, 6.07) is 8.07. The molecule has 0 unspecified atom stereocenters. The third-order valence-corrected chi connectivity index (χ3v) is 2.66. The summed E-state index contributed by atoms with van der Waals surface area (Å²) < 4.78 is 12.9. The first kappa shape index (κ1) is 11.9. The van der Waals surface area contributed by atoms with Gasteiger partial charge in [0, 0.05) is 24.0 Å². The van der Waals surface area contributed by atoms with Gasteiger partial charge in [0.25, 0.3) is 0 Å². The zero-order valence-corrected chi connectivity index (χ0v) is 10.1. The lowest BCUT2D eigenvalue weighted by Gasteiger charge is -2.07. The first-order valence-electron chi connectivity index (χ1n) is 5.36. The Morgan fingerprint density at radius 3 is 2.82 bits per heavy atom. The summed E-state index contributed by atoms with van der Waals surface area (Å²) in [5, 5.41) is 3.56. The molecule has 2 rings (SSSR count). The van der Waals surface area contributed by atoms with E-state index in [2.05, 4.69) is 10.3 Å². The molecule has 1 heterocycles. The van der Waals surface area contributed by atoms with Crippen LogP contribution in [0.15, 0.2) is 36.5 Å². The predicted octanol–water partition coefficient (Wildman–Crippen LogP) is 3.97. The third kappa shape index (κ3) is 2.74. The highest BCUT2D eigenvalue weighted by Gasteiger charge is 2.06. The smallest absolute Gasteiger partial charge is 0.124 e. The fourth-order valence-electron chi connectivity index (χ4n) is 1.59. The molecule has 1 aromatic heterocycles. The summed E-state index contributed by atoms with van der Waals surface area (Å²) in [6.45, 7) is 2.85. The quantitative estimate of drug-likeness (QED) is 0.892. The van der Waals surface area contributed by atoms with Crippen molar-refractivity contribution in [3.63, 3.8) is 0 Å². The molecule has 0 aliphatic heterocycles. The van der Waals surface area contributed by atoms with Gasteiger partial charge in [-0.3, -0.25) is 4.98 Å². The molecule has 2 nitrogen and oxygen atoms in total. The van der Waals surface area contributed by atoms with Gasteiger partial charge in [0.05, 0.1) is 10.7 Å². The molecule has 0 atom stereocenters. The standard InChI is InChI=1S/C13H12ClFN2/c1-2-16-10-5-6-17-13(8-10)11-4-3-9(15)7-12(11)14/h3-8H,2H2,1H3,(H,16,17). The Kier molecular flexibility index (Phi) is 3.59. The number of hydrogen-bond acceptors (Lipinski definition) is 2. The summed E-state index contributed by atoms with van der Waals surface area (Å²) in [6.07, 6.45) is 1.70. The van der Waals surface area contributed by atoms with Crippen molar-refractivity contribution in [1.82, 2.24) is 4.98 Å². The number of nitrogens with zero attached hydrogens (tertiary/aromatic N) is 1. The monoisotopic (exact) mass is 250 g/mol. The van der Waals surface area contributed by atoms with Gasteiger partial charge < -0.3 is 5.32 Å². The molecule has 17 heavy (non-hydrogen) atoms. The highest BCUT2D eigenvalue weighted by atomic mass is 35.5. The number of hydrogen-bond donors (Lipinski definition) is 1. The van der Waals surface area contributed by atoms with Gasteiger partial charge in [0.2, 0.25) is 0 Å². The van der Waals surface area contributed by atoms with Crippen LogP contribution in [0.2, 0.25) is 5.02 Å². The molecule has 88 valence electrons. The van der Waals surface area contributed by atoms with E-state index in [1.165, 1.54) is 12.1 Å². The van der Waals surface area contributed by atoms with Crippen LogP contribution in [0.5, 0.6) is 0 Å². The van der Waals surface area contributed by atoms with E-state index in [0.717, 1.165) is 23.5 Å². The second-order valence-corrected chi connectivity index (χ2v) is 3.99. The first-order valence-corrected chi connectivity index (χ1v) is 5.74. The van der Waals surface area contributed by atoms with Gasteiger partial charge in [-0.15, -0.1) is 0 Å². The summed E-state index contributed by atoms with van der Waals surface area (Å²) in [5.74, 6) is -0.346. The molecule has 0 radical (unpaired) electrons. The molecule has 0 aliphatic carbocycles. The number of rotatable bonds is 3. The highest BCUT2D eigenvalue weighted by Crippen LogP contribution is 2.28. The second kappa shape index (κ2) is 5.15. The van der Waals surface area contributed by atoms with E-state index in [0.29, 0.717) is 5.02 Å². The minimum Gasteiger partial charge on any atom is -0.385 e. The van der Waals surface area contributed by atoms with Gasteiger partial charge in [0.15, 0.2) is 0 Å². The summed E-state index contributed by atoms with van der Waals surface area (Å²) in [7, 11) is 0. The lowest BCUT2D eigenvalue weighted by Crippen LogP contribution is -1.97. The Morgan fingerprint density at radius 2 is 2.12 bits per heavy atom. The van der Waals surface area contributed by atoms with E-state index in [1.54, 1.807) is 12.3 Å². The first-order chi connectivity index (χ1) is 8.20. The number of nitrogens with one attached hydrogen (secondary N) is 1. The number of anilines is 1. The van der Waals surface area contributed by atoms with Gasteiger partial charge in [-0.25, -0.2) is 4.39 Å². The van der Waals surface area contributed by atoms with Gasteiger partial charge in [-0.2, -0.15) is 0 Å². The Hall–Kier alpha value is -1.61. The normalized spacial score (nSPS) is 10.3. The summed E-state index contributed by atoms with van der Waals surface area (Å²) in [4.78, 5) is 4.24. The van der Waals surface area contributed by atoms with Crippen molar-refractivity contribution in [2.45, 2.75) is 6.92 Å². The maximum absolute atomic E-state index is 12.9. The molecular weight excluding hydrogens is 239 g/mol. The number of benzene rings is 1. The molecule has 1 N–H and O–H groups in total. The topological polar surface area (TPSA) is 24.9 Å². The molecule has 0 saturated heterocycles. The average molecular weight is 251 g/mol. The second-order valence-electron chi connectivity index (χ2n) is 3.58. The molecule has 2 aromatic rings. The Labute approximate surface area is 104 Å².